The Morgan fingerprint density at radius 2 is 1.81 bits per heavy atom. The van der Waals surface area contributed by atoms with Crippen LogP contribution in [0, 0.1) is 0 Å². The molecule has 0 saturated carbocycles. The number of hydrogen-bond acceptors (Lipinski definition) is 6. The van der Waals surface area contributed by atoms with Crippen molar-refractivity contribution in [2.75, 3.05) is 43.9 Å². The van der Waals surface area contributed by atoms with Gasteiger partial charge in [0.1, 0.15) is 15.5 Å². The molecular weight excluding hydrogens is 468 g/mol. The third-order valence-electron chi connectivity index (χ3n) is 7.56. The van der Waals surface area contributed by atoms with Crippen LogP contribution in [0.25, 0.3) is 10.2 Å². The number of aryl methyl sites for hydroxylation is 1. The van der Waals surface area contributed by atoms with Gasteiger partial charge in [0.15, 0.2) is 0 Å². The zero-order valence-electron chi connectivity index (χ0n) is 20.4. The lowest BCUT2D eigenvalue weighted by Gasteiger charge is -2.36. The maximum Gasteiger partial charge on any atom is 0.266 e. The Kier molecular flexibility index (Phi) is 6.01. The van der Waals surface area contributed by atoms with E-state index in [9.17, 15) is 4.79 Å². The number of carbonyl (C=O) groups is 1. The molecular formula is C29H30N4O2S. The second-order valence-corrected chi connectivity index (χ2v) is 10.6. The molecule has 1 aliphatic carbocycles. The zero-order chi connectivity index (χ0) is 24.6. The number of anilines is 2. The highest BCUT2D eigenvalue weighted by molar-refractivity contribution is 7.21. The van der Waals surface area contributed by atoms with E-state index in [4.69, 9.17) is 15.5 Å². The van der Waals surface area contributed by atoms with E-state index in [0.29, 0.717) is 29.6 Å². The van der Waals surface area contributed by atoms with Crippen LogP contribution in [-0.4, -0.2) is 49.1 Å². The summed E-state index contributed by atoms with van der Waals surface area (Å²) in [6.45, 7) is 2.91. The van der Waals surface area contributed by atoms with Crippen LogP contribution in [-0.2, 0) is 12.8 Å². The molecule has 2 N–H and O–H groups in total. The fourth-order valence-electron chi connectivity index (χ4n) is 5.46. The first kappa shape index (κ1) is 22.9. The minimum absolute atomic E-state index is 0.0185. The first-order chi connectivity index (χ1) is 17.6. The summed E-state index contributed by atoms with van der Waals surface area (Å²) in [7, 11) is 1.67. The SMILES string of the molecule is COc1ccc(N2CCN(C(=O)c3sc4nc5c(cc4c3N)CC(c3ccccc3)CC5)CC2)cc1. The Bertz CT molecular complexity index is 1390. The van der Waals surface area contributed by atoms with Crippen molar-refractivity contribution in [1.82, 2.24) is 9.88 Å². The number of benzene rings is 2. The van der Waals surface area contributed by atoms with Gasteiger partial charge in [-0.25, -0.2) is 4.98 Å². The number of hydrogen-bond donors (Lipinski definition) is 1. The molecule has 2 aliphatic rings. The third kappa shape index (κ3) is 4.17. The molecule has 1 amide bonds. The molecule has 1 fully saturated rings. The van der Waals surface area contributed by atoms with E-state index < -0.39 is 0 Å². The second kappa shape index (κ2) is 9.47. The summed E-state index contributed by atoms with van der Waals surface area (Å²) in [4.78, 5) is 24.2. The van der Waals surface area contributed by atoms with Crippen molar-refractivity contribution >= 4 is 38.8 Å². The van der Waals surface area contributed by atoms with E-state index in [1.54, 1.807) is 7.11 Å². The molecule has 0 bridgehead atoms. The van der Waals surface area contributed by atoms with Crippen molar-refractivity contribution in [3.05, 3.63) is 82.4 Å². The van der Waals surface area contributed by atoms with Gasteiger partial charge in [0.05, 0.1) is 12.8 Å². The predicted molar refractivity (Wildman–Crippen MR) is 146 cm³/mol. The monoisotopic (exact) mass is 498 g/mol. The van der Waals surface area contributed by atoms with Gasteiger partial charge in [0, 0.05) is 42.9 Å². The van der Waals surface area contributed by atoms with Gasteiger partial charge < -0.3 is 20.3 Å². The quantitative estimate of drug-likeness (QED) is 0.423. The van der Waals surface area contributed by atoms with E-state index in [0.717, 1.165) is 59.7 Å². The number of nitrogen functional groups attached to an aromatic ring is 1. The van der Waals surface area contributed by atoms with Crippen LogP contribution in [0.1, 0.15) is 38.8 Å². The number of piperazine rings is 1. The van der Waals surface area contributed by atoms with Gasteiger partial charge in [-0.2, -0.15) is 0 Å². The normalized spacial score (nSPS) is 17.8. The van der Waals surface area contributed by atoms with Crippen LogP contribution < -0.4 is 15.4 Å². The molecule has 6 nitrogen and oxygen atoms in total. The molecule has 1 saturated heterocycles. The average molecular weight is 499 g/mol. The maximum absolute atomic E-state index is 13.5. The number of nitrogens with zero attached hydrogens (tertiary/aromatic N) is 3. The van der Waals surface area contributed by atoms with Crippen LogP contribution in [0.4, 0.5) is 11.4 Å². The Hall–Kier alpha value is -3.58. The van der Waals surface area contributed by atoms with E-state index >= 15 is 0 Å². The summed E-state index contributed by atoms with van der Waals surface area (Å²) >= 11 is 1.44. The van der Waals surface area contributed by atoms with Gasteiger partial charge >= 0.3 is 0 Å². The molecule has 1 atom stereocenters. The minimum Gasteiger partial charge on any atom is -0.497 e. The molecule has 184 valence electrons. The third-order valence-corrected chi connectivity index (χ3v) is 8.66. The van der Waals surface area contributed by atoms with Crippen molar-refractivity contribution < 1.29 is 9.53 Å². The fraction of sp³-hybridized carbons (Fsp3) is 0.310. The summed E-state index contributed by atoms with van der Waals surface area (Å²) in [5, 5.41) is 0.924. The van der Waals surface area contributed by atoms with Gasteiger partial charge in [0.25, 0.3) is 5.91 Å². The lowest BCUT2D eigenvalue weighted by atomic mass is 9.82. The van der Waals surface area contributed by atoms with Crippen molar-refractivity contribution in [1.29, 1.82) is 0 Å². The molecule has 0 radical (unpaired) electrons. The Morgan fingerprint density at radius 1 is 1.06 bits per heavy atom. The Balaban J connectivity index is 1.19. The smallest absolute Gasteiger partial charge is 0.266 e. The van der Waals surface area contributed by atoms with Crippen molar-refractivity contribution in [2.45, 2.75) is 25.2 Å². The summed E-state index contributed by atoms with van der Waals surface area (Å²) in [6, 6.07) is 21.0. The highest BCUT2D eigenvalue weighted by Crippen LogP contribution is 2.39. The Morgan fingerprint density at radius 3 is 2.53 bits per heavy atom. The van der Waals surface area contributed by atoms with Crippen LogP contribution >= 0.6 is 11.3 Å². The molecule has 4 aromatic rings. The molecule has 6 rings (SSSR count). The van der Waals surface area contributed by atoms with Gasteiger partial charge in [-0.15, -0.1) is 11.3 Å². The molecule has 36 heavy (non-hydrogen) atoms. The molecule has 3 heterocycles. The van der Waals surface area contributed by atoms with Crippen LogP contribution in [0.3, 0.4) is 0 Å². The number of thiophene rings is 1. The first-order valence-electron chi connectivity index (χ1n) is 12.5. The summed E-state index contributed by atoms with van der Waals surface area (Å²) in [6.07, 6.45) is 3.02. The van der Waals surface area contributed by atoms with Crippen molar-refractivity contribution in [3.63, 3.8) is 0 Å². The van der Waals surface area contributed by atoms with Crippen molar-refractivity contribution in [3.8, 4) is 5.75 Å². The van der Waals surface area contributed by atoms with Crippen LogP contribution in [0.2, 0.25) is 0 Å². The van der Waals surface area contributed by atoms with Gasteiger partial charge in [-0.1, -0.05) is 30.3 Å². The number of ether oxygens (including phenoxy) is 1. The number of aromatic nitrogens is 1. The largest absolute Gasteiger partial charge is 0.497 e. The zero-order valence-corrected chi connectivity index (χ0v) is 21.3. The number of fused-ring (bicyclic) bond motifs is 2. The molecule has 1 aliphatic heterocycles. The van der Waals surface area contributed by atoms with Crippen molar-refractivity contribution in [2.24, 2.45) is 0 Å². The van der Waals surface area contributed by atoms with Crippen LogP contribution in [0.5, 0.6) is 5.75 Å². The summed E-state index contributed by atoms with van der Waals surface area (Å²) < 4.78 is 5.26. The number of carbonyl (C=O) groups excluding carboxylic acids is 1. The van der Waals surface area contributed by atoms with E-state index in [2.05, 4.69) is 53.4 Å². The topological polar surface area (TPSA) is 71.7 Å². The molecule has 0 spiro atoms. The number of methoxy groups -OCH3 is 1. The maximum atomic E-state index is 13.5. The van der Waals surface area contributed by atoms with E-state index in [1.165, 1.54) is 22.5 Å². The Labute approximate surface area is 215 Å². The van der Waals surface area contributed by atoms with Gasteiger partial charge in [-0.05, 0) is 66.6 Å². The first-order valence-corrected chi connectivity index (χ1v) is 13.4. The number of nitrogens with two attached hydrogens (primary N) is 1. The second-order valence-electron chi connectivity index (χ2n) is 9.62. The standard InChI is InChI=1S/C29H30N4O2S/c1-35-23-10-8-22(9-11-23)32-13-15-33(16-14-32)29(34)27-26(30)24-18-21-17-20(19-5-3-2-4-6-19)7-12-25(21)31-28(24)36-27/h2-6,8-11,18,20H,7,12-17,30H2,1H3. The van der Waals surface area contributed by atoms with Gasteiger partial charge in [0.2, 0.25) is 0 Å². The highest BCUT2D eigenvalue weighted by atomic mass is 32.1. The highest BCUT2D eigenvalue weighted by Gasteiger charge is 2.28. The minimum atomic E-state index is 0.0185. The molecule has 2 aromatic carbocycles. The van der Waals surface area contributed by atoms with Gasteiger partial charge in [-0.3, -0.25) is 4.79 Å². The summed E-state index contributed by atoms with van der Waals surface area (Å²) in [5.41, 5.74) is 12.1. The van der Waals surface area contributed by atoms with E-state index in [1.807, 2.05) is 17.0 Å². The number of rotatable bonds is 4. The number of amides is 1. The van der Waals surface area contributed by atoms with Crippen LogP contribution in [0.15, 0.2) is 60.7 Å². The lowest BCUT2D eigenvalue weighted by molar-refractivity contribution is 0.0752. The fourth-order valence-corrected chi connectivity index (χ4v) is 6.53. The molecule has 7 heteroatoms. The number of pyridine rings is 1. The lowest BCUT2D eigenvalue weighted by Crippen LogP contribution is -2.48. The summed E-state index contributed by atoms with van der Waals surface area (Å²) in [5.74, 6) is 1.37. The van der Waals surface area contributed by atoms with E-state index in [-0.39, 0.29) is 5.91 Å². The molecule has 2 aromatic heterocycles. The predicted octanol–water partition coefficient (Wildman–Crippen LogP) is 5.12. The molecule has 1 unspecified atom stereocenters. The average Bonchev–Trinajstić information content (AvgIpc) is 3.26.